The second-order valence-corrected chi connectivity index (χ2v) is 3.25. The van der Waals surface area contributed by atoms with Gasteiger partial charge in [-0.05, 0) is 12.3 Å². The molecule has 3 nitrogen and oxygen atoms in total. The second kappa shape index (κ2) is 5.75. The largest absolute Gasteiger partial charge is 0.469 e. The fourth-order valence-electron chi connectivity index (χ4n) is 1.14. The molecule has 12 heavy (non-hydrogen) atoms. The van der Waals surface area contributed by atoms with Crippen molar-refractivity contribution in [2.45, 2.75) is 26.7 Å². The van der Waals surface area contributed by atoms with Gasteiger partial charge in [0.2, 0.25) is 0 Å². The molecule has 0 N–H and O–H groups in total. The Bertz CT molecular complexity index is 152. The maximum Gasteiger partial charge on any atom is 0.309 e. The predicted molar refractivity (Wildman–Crippen MR) is 45.6 cm³/mol. The van der Waals surface area contributed by atoms with Gasteiger partial charge in [0.1, 0.15) is 6.29 Å². The van der Waals surface area contributed by atoms with Crippen molar-refractivity contribution in [3.8, 4) is 0 Å². The van der Waals surface area contributed by atoms with Crippen LogP contribution in [0.15, 0.2) is 0 Å². The summed E-state index contributed by atoms with van der Waals surface area (Å²) in [6, 6.07) is 0. The lowest BCUT2D eigenvalue weighted by atomic mass is 9.95. The van der Waals surface area contributed by atoms with E-state index in [-0.39, 0.29) is 18.3 Å². The molecule has 0 heterocycles. The van der Waals surface area contributed by atoms with Crippen LogP contribution in [0, 0.1) is 11.8 Å². The van der Waals surface area contributed by atoms with Crippen molar-refractivity contribution >= 4 is 12.3 Å². The van der Waals surface area contributed by atoms with Crippen molar-refractivity contribution in [3.63, 3.8) is 0 Å². The zero-order valence-electron chi connectivity index (χ0n) is 7.87. The van der Waals surface area contributed by atoms with Gasteiger partial charge in [-0.25, -0.2) is 0 Å². The van der Waals surface area contributed by atoms with E-state index in [2.05, 4.69) is 4.74 Å². The average Bonchev–Trinajstić information content (AvgIpc) is 2.01. The maximum absolute atomic E-state index is 11.1. The van der Waals surface area contributed by atoms with Crippen LogP contribution in [0.4, 0.5) is 0 Å². The summed E-state index contributed by atoms with van der Waals surface area (Å²) in [7, 11) is 1.35. The summed E-state index contributed by atoms with van der Waals surface area (Å²) in [4.78, 5) is 21.3. The minimum Gasteiger partial charge on any atom is -0.469 e. The van der Waals surface area contributed by atoms with E-state index in [4.69, 9.17) is 0 Å². The summed E-state index contributed by atoms with van der Waals surface area (Å²) in [5.74, 6) is -0.127. The third-order valence-electron chi connectivity index (χ3n) is 1.67. The SMILES string of the molecule is COC(=O)C(CC=O)CC(C)C. The first-order valence-corrected chi connectivity index (χ1v) is 4.13. The van der Waals surface area contributed by atoms with Gasteiger partial charge in [-0.15, -0.1) is 0 Å². The van der Waals surface area contributed by atoms with Gasteiger partial charge in [0.15, 0.2) is 0 Å². The zero-order valence-corrected chi connectivity index (χ0v) is 7.87. The Kier molecular flexibility index (Phi) is 5.34. The highest BCUT2D eigenvalue weighted by Crippen LogP contribution is 2.15. The van der Waals surface area contributed by atoms with Gasteiger partial charge in [0.05, 0.1) is 13.0 Å². The number of methoxy groups -OCH3 is 1. The Hall–Kier alpha value is -0.860. The minimum absolute atomic E-state index is 0.257. The Morgan fingerprint density at radius 3 is 2.42 bits per heavy atom. The van der Waals surface area contributed by atoms with Crippen LogP contribution >= 0.6 is 0 Å². The zero-order chi connectivity index (χ0) is 9.56. The van der Waals surface area contributed by atoms with Crippen molar-refractivity contribution in [1.29, 1.82) is 0 Å². The molecular formula is C9H16O3. The number of carbonyl (C=O) groups is 2. The van der Waals surface area contributed by atoms with Gasteiger partial charge in [-0.3, -0.25) is 4.79 Å². The van der Waals surface area contributed by atoms with E-state index >= 15 is 0 Å². The second-order valence-electron chi connectivity index (χ2n) is 3.25. The molecule has 0 aromatic heterocycles. The maximum atomic E-state index is 11.1. The first-order valence-electron chi connectivity index (χ1n) is 4.13. The van der Waals surface area contributed by atoms with E-state index in [1.165, 1.54) is 7.11 Å². The number of ether oxygens (including phenoxy) is 1. The van der Waals surface area contributed by atoms with Crippen molar-refractivity contribution in [1.82, 2.24) is 0 Å². The van der Waals surface area contributed by atoms with Crippen molar-refractivity contribution in [2.24, 2.45) is 11.8 Å². The van der Waals surface area contributed by atoms with Crippen LogP contribution in [0.2, 0.25) is 0 Å². The van der Waals surface area contributed by atoms with E-state index in [0.717, 1.165) is 6.29 Å². The molecule has 70 valence electrons. The molecule has 0 radical (unpaired) electrons. The first-order chi connectivity index (χ1) is 5.61. The number of carbonyl (C=O) groups excluding carboxylic acids is 2. The monoisotopic (exact) mass is 172 g/mol. The smallest absolute Gasteiger partial charge is 0.309 e. The highest BCUT2D eigenvalue weighted by atomic mass is 16.5. The molecule has 0 saturated carbocycles. The molecule has 0 aromatic carbocycles. The Morgan fingerprint density at radius 2 is 2.08 bits per heavy atom. The highest BCUT2D eigenvalue weighted by Gasteiger charge is 2.19. The third kappa shape index (κ3) is 4.11. The molecule has 3 heteroatoms. The first kappa shape index (κ1) is 11.1. The molecule has 0 aliphatic heterocycles. The summed E-state index contributed by atoms with van der Waals surface area (Å²) >= 11 is 0. The molecule has 0 saturated heterocycles. The summed E-state index contributed by atoms with van der Waals surface area (Å²) < 4.78 is 4.57. The summed E-state index contributed by atoms with van der Waals surface area (Å²) in [5, 5.41) is 0. The van der Waals surface area contributed by atoms with E-state index in [0.29, 0.717) is 12.3 Å². The van der Waals surface area contributed by atoms with Crippen LogP contribution in [0.25, 0.3) is 0 Å². The number of hydrogen-bond acceptors (Lipinski definition) is 3. The average molecular weight is 172 g/mol. The Labute approximate surface area is 73.1 Å². The highest BCUT2D eigenvalue weighted by molar-refractivity contribution is 5.75. The summed E-state index contributed by atoms with van der Waals surface area (Å²) in [6.07, 6.45) is 1.75. The molecule has 0 amide bonds. The van der Waals surface area contributed by atoms with Crippen molar-refractivity contribution < 1.29 is 14.3 Å². The fraction of sp³-hybridized carbons (Fsp3) is 0.778. The Balaban J connectivity index is 4.02. The number of aldehydes is 1. The van der Waals surface area contributed by atoms with Crippen LogP contribution in [-0.2, 0) is 14.3 Å². The molecular weight excluding hydrogens is 156 g/mol. The van der Waals surface area contributed by atoms with Gasteiger partial charge in [-0.1, -0.05) is 13.8 Å². The van der Waals surface area contributed by atoms with Gasteiger partial charge < -0.3 is 9.53 Å². The molecule has 0 fully saturated rings. The van der Waals surface area contributed by atoms with Crippen molar-refractivity contribution in [2.75, 3.05) is 7.11 Å². The van der Waals surface area contributed by atoms with E-state index in [1.54, 1.807) is 0 Å². The quantitative estimate of drug-likeness (QED) is 0.465. The number of rotatable bonds is 5. The van der Waals surface area contributed by atoms with Crippen LogP contribution in [0.3, 0.4) is 0 Å². The molecule has 1 atom stereocenters. The Morgan fingerprint density at radius 1 is 1.50 bits per heavy atom. The lowest BCUT2D eigenvalue weighted by Crippen LogP contribution is -2.18. The van der Waals surface area contributed by atoms with Gasteiger partial charge in [0.25, 0.3) is 0 Å². The van der Waals surface area contributed by atoms with Gasteiger partial charge in [-0.2, -0.15) is 0 Å². The van der Waals surface area contributed by atoms with Crippen LogP contribution < -0.4 is 0 Å². The van der Waals surface area contributed by atoms with Gasteiger partial charge >= 0.3 is 5.97 Å². The van der Waals surface area contributed by atoms with E-state index in [9.17, 15) is 9.59 Å². The number of hydrogen-bond donors (Lipinski definition) is 0. The predicted octanol–water partition coefficient (Wildman–Crippen LogP) is 1.41. The fourth-order valence-corrected chi connectivity index (χ4v) is 1.14. The van der Waals surface area contributed by atoms with E-state index < -0.39 is 0 Å². The van der Waals surface area contributed by atoms with Crippen LogP contribution in [0.1, 0.15) is 26.7 Å². The summed E-state index contributed by atoms with van der Waals surface area (Å²) in [6.45, 7) is 4.03. The normalized spacial score (nSPS) is 12.7. The standard InChI is InChI=1S/C9H16O3/c1-7(2)6-8(4-5-10)9(11)12-3/h5,7-8H,4,6H2,1-3H3. The van der Waals surface area contributed by atoms with E-state index in [1.807, 2.05) is 13.8 Å². The molecule has 0 aliphatic rings. The topological polar surface area (TPSA) is 43.4 Å². The molecule has 0 aliphatic carbocycles. The van der Waals surface area contributed by atoms with Crippen molar-refractivity contribution in [3.05, 3.63) is 0 Å². The van der Waals surface area contributed by atoms with Crippen LogP contribution in [-0.4, -0.2) is 19.4 Å². The molecule has 0 spiro atoms. The lowest BCUT2D eigenvalue weighted by Gasteiger charge is -2.13. The molecule has 0 aromatic rings. The third-order valence-corrected chi connectivity index (χ3v) is 1.67. The number of esters is 1. The minimum atomic E-state index is -0.282. The lowest BCUT2D eigenvalue weighted by molar-refractivity contribution is -0.147. The molecule has 0 bridgehead atoms. The van der Waals surface area contributed by atoms with Gasteiger partial charge in [0, 0.05) is 6.42 Å². The summed E-state index contributed by atoms with van der Waals surface area (Å²) in [5.41, 5.74) is 0. The molecule has 0 rings (SSSR count). The molecule has 1 unspecified atom stereocenters. The van der Waals surface area contributed by atoms with Crippen LogP contribution in [0.5, 0.6) is 0 Å².